The predicted octanol–water partition coefficient (Wildman–Crippen LogP) is 5.05. The van der Waals surface area contributed by atoms with Crippen LogP contribution >= 0.6 is 0 Å². The number of anilines is 1. The highest BCUT2D eigenvalue weighted by Gasteiger charge is 2.04. The van der Waals surface area contributed by atoms with Crippen molar-refractivity contribution in [3.8, 4) is 5.75 Å². The Kier molecular flexibility index (Phi) is 6.86. The van der Waals surface area contributed by atoms with Crippen LogP contribution in [0.15, 0.2) is 42.5 Å². The van der Waals surface area contributed by atoms with E-state index >= 15 is 0 Å². The average molecular weight is 325 g/mol. The molecule has 0 aliphatic carbocycles. The summed E-state index contributed by atoms with van der Waals surface area (Å²) in [4.78, 5) is 12.0. The van der Waals surface area contributed by atoms with Crippen molar-refractivity contribution in [3.05, 3.63) is 59.2 Å². The summed E-state index contributed by atoms with van der Waals surface area (Å²) in [5.41, 5.74) is 4.60. The van der Waals surface area contributed by atoms with Crippen LogP contribution in [0.2, 0.25) is 0 Å². The molecule has 1 N–H and O–H groups in total. The van der Waals surface area contributed by atoms with Crippen LogP contribution in [-0.4, -0.2) is 12.5 Å². The van der Waals surface area contributed by atoms with Crippen LogP contribution in [0.3, 0.4) is 0 Å². The van der Waals surface area contributed by atoms with Crippen LogP contribution in [0.4, 0.5) is 5.69 Å². The number of hydrogen-bond acceptors (Lipinski definition) is 2. The lowest BCUT2D eigenvalue weighted by Gasteiger charge is -2.09. The average Bonchev–Trinajstić information content (AvgIpc) is 2.57. The van der Waals surface area contributed by atoms with Gasteiger partial charge in [0.15, 0.2) is 0 Å². The van der Waals surface area contributed by atoms with E-state index in [1.54, 1.807) is 0 Å². The number of amides is 1. The first-order valence-electron chi connectivity index (χ1n) is 8.67. The summed E-state index contributed by atoms with van der Waals surface area (Å²) in [6, 6.07) is 14.2. The summed E-state index contributed by atoms with van der Waals surface area (Å²) >= 11 is 0. The quantitative estimate of drug-likeness (QED) is 0.689. The minimum atomic E-state index is 0.0279. The second kappa shape index (κ2) is 9.11. The van der Waals surface area contributed by atoms with Crippen LogP contribution in [0.5, 0.6) is 5.75 Å². The zero-order chi connectivity index (χ0) is 17.4. The van der Waals surface area contributed by atoms with Gasteiger partial charge in [0.1, 0.15) is 5.75 Å². The van der Waals surface area contributed by atoms with Gasteiger partial charge >= 0.3 is 0 Å². The molecule has 0 unspecified atom stereocenters. The minimum absolute atomic E-state index is 0.0279. The number of rotatable bonds is 8. The van der Waals surface area contributed by atoms with E-state index < -0.39 is 0 Å². The molecule has 2 aromatic carbocycles. The molecule has 2 rings (SSSR count). The Labute approximate surface area is 145 Å². The molecule has 0 heterocycles. The number of aryl methyl sites for hydroxylation is 3. The van der Waals surface area contributed by atoms with Gasteiger partial charge < -0.3 is 10.1 Å². The standard InChI is InChI=1S/C21H27NO2/c1-4-6-18-9-12-20(13-10-18)24-14-5-7-21(23)22-19-11-8-16(2)17(3)15-19/h8-13,15H,4-7,14H2,1-3H3,(H,22,23). The molecule has 3 nitrogen and oxygen atoms in total. The smallest absolute Gasteiger partial charge is 0.224 e. The van der Waals surface area contributed by atoms with Gasteiger partial charge in [-0.25, -0.2) is 0 Å². The largest absolute Gasteiger partial charge is 0.494 e. The molecule has 0 saturated carbocycles. The zero-order valence-corrected chi connectivity index (χ0v) is 14.9. The van der Waals surface area contributed by atoms with E-state index in [9.17, 15) is 4.79 Å². The maximum absolute atomic E-state index is 12.0. The first-order chi connectivity index (χ1) is 11.6. The number of carbonyl (C=O) groups excluding carboxylic acids is 1. The number of ether oxygens (including phenoxy) is 1. The van der Waals surface area contributed by atoms with Gasteiger partial charge in [-0.2, -0.15) is 0 Å². The molecule has 0 spiro atoms. The van der Waals surface area contributed by atoms with Crippen molar-refractivity contribution in [2.45, 2.75) is 46.5 Å². The van der Waals surface area contributed by atoms with E-state index in [1.165, 1.54) is 16.7 Å². The molecule has 0 atom stereocenters. The minimum Gasteiger partial charge on any atom is -0.494 e. The van der Waals surface area contributed by atoms with E-state index in [0.717, 1.165) is 24.3 Å². The van der Waals surface area contributed by atoms with Crippen LogP contribution in [-0.2, 0) is 11.2 Å². The van der Waals surface area contributed by atoms with E-state index in [0.29, 0.717) is 19.4 Å². The van der Waals surface area contributed by atoms with Crippen LogP contribution in [0, 0.1) is 13.8 Å². The molecular weight excluding hydrogens is 298 g/mol. The van der Waals surface area contributed by atoms with Crippen molar-refractivity contribution in [2.75, 3.05) is 11.9 Å². The molecule has 0 radical (unpaired) electrons. The molecule has 2 aromatic rings. The van der Waals surface area contributed by atoms with Gasteiger partial charge in [0.2, 0.25) is 5.91 Å². The molecule has 0 aromatic heterocycles. The highest BCUT2D eigenvalue weighted by atomic mass is 16.5. The fourth-order valence-electron chi connectivity index (χ4n) is 2.51. The first kappa shape index (κ1) is 18.1. The van der Waals surface area contributed by atoms with Gasteiger partial charge in [0, 0.05) is 12.1 Å². The Morgan fingerprint density at radius 3 is 2.46 bits per heavy atom. The Morgan fingerprint density at radius 2 is 1.79 bits per heavy atom. The van der Waals surface area contributed by atoms with Crippen molar-refractivity contribution in [1.82, 2.24) is 0 Å². The number of benzene rings is 2. The summed E-state index contributed by atoms with van der Waals surface area (Å²) in [7, 11) is 0. The monoisotopic (exact) mass is 325 g/mol. The Balaban J connectivity index is 1.69. The van der Waals surface area contributed by atoms with E-state index in [-0.39, 0.29) is 5.91 Å². The topological polar surface area (TPSA) is 38.3 Å². The number of nitrogens with one attached hydrogen (secondary N) is 1. The Morgan fingerprint density at radius 1 is 1.04 bits per heavy atom. The van der Waals surface area contributed by atoms with E-state index in [2.05, 4.69) is 31.3 Å². The normalized spacial score (nSPS) is 10.5. The van der Waals surface area contributed by atoms with Gasteiger partial charge in [0.25, 0.3) is 0 Å². The molecular formula is C21H27NO2. The predicted molar refractivity (Wildman–Crippen MR) is 99.7 cm³/mol. The van der Waals surface area contributed by atoms with Crippen LogP contribution in [0.25, 0.3) is 0 Å². The molecule has 3 heteroatoms. The number of hydrogen-bond donors (Lipinski definition) is 1. The highest BCUT2D eigenvalue weighted by Crippen LogP contribution is 2.15. The van der Waals surface area contributed by atoms with Crippen molar-refractivity contribution in [3.63, 3.8) is 0 Å². The second-order valence-corrected chi connectivity index (χ2v) is 6.19. The van der Waals surface area contributed by atoms with Crippen LogP contribution < -0.4 is 10.1 Å². The van der Waals surface area contributed by atoms with Gasteiger partial charge in [-0.1, -0.05) is 31.5 Å². The fraction of sp³-hybridized carbons (Fsp3) is 0.381. The van der Waals surface area contributed by atoms with Gasteiger partial charge in [-0.15, -0.1) is 0 Å². The molecule has 128 valence electrons. The first-order valence-corrected chi connectivity index (χ1v) is 8.67. The molecule has 1 amide bonds. The fourth-order valence-corrected chi connectivity index (χ4v) is 2.51. The summed E-state index contributed by atoms with van der Waals surface area (Å²) < 4.78 is 5.69. The van der Waals surface area contributed by atoms with Gasteiger partial charge in [-0.05, 0) is 67.6 Å². The van der Waals surface area contributed by atoms with Crippen molar-refractivity contribution in [2.24, 2.45) is 0 Å². The lowest BCUT2D eigenvalue weighted by Crippen LogP contribution is -2.13. The van der Waals surface area contributed by atoms with Crippen molar-refractivity contribution >= 4 is 11.6 Å². The third kappa shape index (κ3) is 5.73. The SMILES string of the molecule is CCCc1ccc(OCCCC(=O)Nc2ccc(C)c(C)c2)cc1. The maximum atomic E-state index is 12.0. The molecule has 0 aliphatic rings. The van der Waals surface area contributed by atoms with E-state index in [4.69, 9.17) is 4.74 Å². The number of carbonyl (C=O) groups is 1. The molecule has 0 bridgehead atoms. The van der Waals surface area contributed by atoms with E-state index in [1.807, 2.05) is 37.3 Å². The Hall–Kier alpha value is -2.29. The van der Waals surface area contributed by atoms with Gasteiger partial charge in [-0.3, -0.25) is 4.79 Å². The summed E-state index contributed by atoms with van der Waals surface area (Å²) in [6.45, 7) is 6.83. The molecule has 24 heavy (non-hydrogen) atoms. The summed E-state index contributed by atoms with van der Waals surface area (Å²) in [5.74, 6) is 0.893. The molecule has 0 aliphatic heterocycles. The Bertz CT molecular complexity index is 662. The highest BCUT2D eigenvalue weighted by molar-refractivity contribution is 5.90. The van der Waals surface area contributed by atoms with Gasteiger partial charge in [0.05, 0.1) is 6.61 Å². The van der Waals surface area contributed by atoms with Crippen molar-refractivity contribution in [1.29, 1.82) is 0 Å². The third-order valence-electron chi connectivity index (χ3n) is 4.07. The third-order valence-corrected chi connectivity index (χ3v) is 4.07. The van der Waals surface area contributed by atoms with Crippen molar-refractivity contribution < 1.29 is 9.53 Å². The maximum Gasteiger partial charge on any atom is 0.224 e. The molecule has 0 saturated heterocycles. The summed E-state index contributed by atoms with van der Waals surface area (Å²) in [5, 5.41) is 2.94. The zero-order valence-electron chi connectivity index (χ0n) is 14.9. The summed E-state index contributed by atoms with van der Waals surface area (Å²) in [6.07, 6.45) is 3.41. The lowest BCUT2D eigenvalue weighted by atomic mass is 10.1. The van der Waals surface area contributed by atoms with Crippen LogP contribution in [0.1, 0.15) is 42.9 Å². The lowest BCUT2D eigenvalue weighted by molar-refractivity contribution is -0.116. The second-order valence-electron chi connectivity index (χ2n) is 6.19. The molecule has 0 fully saturated rings.